The van der Waals surface area contributed by atoms with Gasteiger partial charge in [-0.05, 0) is 18.4 Å². The molecule has 0 aliphatic carbocycles. The highest BCUT2D eigenvalue weighted by molar-refractivity contribution is 5.99. The van der Waals surface area contributed by atoms with E-state index in [2.05, 4.69) is 4.90 Å². The molecule has 7 heteroatoms. The fraction of sp³-hybridized carbons (Fsp3) is 0.600. The van der Waals surface area contributed by atoms with Crippen LogP contribution >= 0.6 is 0 Å². The summed E-state index contributed by atoms with van der Waals surface area (Å²) in [5.41, 5.74) is 1.11. The highest BCUT2D eigenvalue weighted by atomic mass is 16.2. The molecule has 2 atom stereocenters. The van der Waals surface area contributed by atoms with Gasteiger partial charge in [0.1, 0.15) is 5.78 Å². The molecule has 4 heterocycles. The van der Waals surface area contributed by atoms with Gasteiger partial charge in [0.25, 0.3) is 5.56 Å². The second-order valence-corrected chi connectivity index (χ2v) is 8.03. The number of aromatic nitrogens is 1. The molecule has 27 heavy (non-hydrogen) atoms. The molecule has 3 aliphatic rings. The van der Waals surface area contributed by atoms with Crippen molar-refractivity contribution in [3.05, 3.63) is 34.2 Å². The van der Waals surface area contributed by atoms with Gasteiger partial charge in [-0.3, -0.25) is 24.1 Å². The Morgan fingerprint density at radius 3 is 2.59 bits per heavy atom. The summed E-state index contributed by atoms with van der Waals surface area (Å²) in [4.78, 5) is 51.9. The summed E-state index contributed by atoms with van der Waals surface area (Å²) in [6.45, 7) is 3.39. The van der Waals surface area contributed by atoms with Crippen LogP contribution in [0.4, 0.5) is 0 Å². The SMILES string of the molecule is O=C1CCN(C(=O)CC(=O)CN2C[C@@H]3C[C@H](C2)c2cccc(=O)n2C3)CC1. The van der Waals surface area contributed by atoms with E-state index < -0.39 is 0 Å². The molecule has 2 saturated heterocycles. The summed E-state index contributed by atoms with van der Waals surface area (Å²) in [6.07, 6.45) is 1.76. The lowest BCUT2D eigenvalue weighted by molar-refractivity contribution is -0.137. The van der Waals surface area contributed by atoms with E-state index in [1.807, 2.05) is 10.6 Å². The first-order valence-electron chi connectivity index (χ1n) is 9.73. The summed E-state index contributed by atoms with van der Waals surface area (Å²) < 4.78 is 1.87. The normalized spacial score (nSPS) is 25.2. The Morgan fingerprint density at radius 1 is 1.04 bits per heavy atom. The molecule has 0 unspecified atom stereocenters. The second kappa shape index (κ2) is 7.38. The molecule has 2 fully saturated rings. The zero-order valence-electron chi connectivity index (χ0n) is 15.4. The summed E-state index contributed by atoms with van der Waals surface area (Å²) in [5.74, 6) is 0.588. The highest BCUT2D eigenvalue weighted by Crippen LogP contribution is 2.34. The van der Waals surface area contributed by atoms with Crippen molar-refractivity contribution in [2.45, 2.75) is 38.1 Å². The number of pyridine rings is 1. The minimum absolute atomic E-state index is 0.0531. The molecule has 7 nitrogen and oxygen atoms in total. The second-order valence-electron chi connectivity index (χ2n) is 8.03. The number of fused-ring (bicyclic) bond motifs is 4. The Morgan fingerprint density at radius 2 is 1.81 bits per heavy atom. The predicted molar refractivity (Wildman–Crippen MR) is 98.4 cm³/mol. The van der Waals surface area contributed by atoms with Crippen molar-refractivity contribution >= 4 is 17.5 Å². The number of carbonyl (C=O) groups is 3. The maximum Gasteiger partial charge on any atom is 0.250 e. The van der Waals surface area contributed by atoms with E-state index in [-0.39, 0.29) is 41.9 Å². The summed E-state index contributed by atoms with van der Waals surface area (Å²) in [5, 5.41) is 0. The summed E-state index contributed by atoms with van der Waals surface area (Å²) >= 11 is 0. The van der Waals surface area contributed by atoms with Crippen LogP contribution in [0.5, 0.6) is 0 Å². The first-order valence-corrected chi connectivity index (χ1v) is 9.73. The molecule has 0 radical (unpaired) electrons. The average Bonchev–Trinajstić information content (AvgIpc) is 2.63. The van der Waals surface area contributed by atoms with Gasteiger partial charge in [0.2, 0.25) is 5.91 Å². The van der Waals surface area contributed by atoms with Gasteiger partial charge in [-0.2, -0.15) is 0 Å². The number of nitrogens with zero attached hydrogens (tertiary/aromatic N) is 3. The van der Waals surface area contributed by atoms with E-state index in [0.717, 1.165) is 25.2 Å². The largest absolute Gasteiger partial charge is 0.341 e. The van der Waals surface area contributed by atoms with Crippen LogP contribution in [-0.2, 0) is 20.9 Å². The third kappa shape index (κ3) is 3.88. The van der Waals surface area contributed by atoms with Gasteiger partial charge in [0, 0.05) is 63.2 Å². The number of rotatable bonds is 4. The molecule has 0 N–H and O–H groups in total. The zero-order chi connectivity index (χ0) is 19.0. The van der Waals surface area contributed by atoms with Crippen LogP contribution in [0.25, 0.3) is 0 Å². The van der Waals surface area contributed by atoms with Crippen molar-refractivity contribution in [1.82, 2.24) is 14.4 Å². The smallest absolute Gasteiger partial charge is 0.250 e. The van der Waals surface area contributed by atoms with E-state index in [1.165, 1.54) is 0 Å². The third-order valence-electron chi connectivity index (χ3n) is 5.98. The van der Waals surface area contributed by atoms with Crippen molar-refractivity contribution in [3.63, 3.8) is 0 Å². The third-order valence-corrected chi connectivity index (χ3v) is 5.98. The first kappa shape index (κ1) is 18.1. The van der Waals surface area contributed by atoms with Gasteiger partial charge in [0.05, 0.1) is 13.0 Å². The van der Waals surface area contributed by atoms with Crippen molar-refractivity contribution in [3.8, 4) is 0 Å². The molecule has 144 valence electrons. The molecule has 4 rings (SSSR count). The van der Waals surface area contributed by atoms with Gasteiger partial charge in [-0.15, -0.1) is 0 Å². The zero-order valence-corrected chi connectivity index (χ0v) is 15.4. The number of ketones is 2. The number of Topliss-reactive ketones (excluding diaryl/α,β-unsaturated/α-hetero) is 2. The van der Waals surface area contributed by atoms with Gasteiger partial charge in [0.15, 0.2) is 5.78 Å². The van der Waals surface area contributed by atoms with E-state index in [0.29, 0.717) is 38.4 Å². The number of hydrogen-bond donors (Lipinski definition) is 0. The number of likely N-dealkylation sites (tertiary alicyclic amines) is 2. The number of amides is 1. The molecule has 1 aromatic heterocycles. The van der Waals surface area contributed by atoms with Gasteiger partial charge in [-0.1, -0.05) is 6.07 Å². The van der Waals surface area contributed by atoms with E-state index in [1.54, 1.807) is 17.0 Å². The Kier molecular flexibility index (Phi) is 4.95. The van der Waals surface area contributed by atoms with Crippen LogP contribution < -0.4 is 5.56 Å². The quantitative estimate of drug-likeness (QED) is 0.717. The van der Waals surface area contributed by atoms with Gasteiger partial charge in [-0.25, -0.2) is 0 Å². The Balaban J connectivity index is 1.34. The molecular formula is C20H25N3O4. The average molecular weight is 371 g/mol. The van der Waals surface area contributed by atoms with Gasteiger partial charge >= 0.3 is 0 Å². The molecule has 0 aromatic carbocycles. The van der Waals surface area contributed by atoms with Crippen molar-refractivity contribution in [2.24, 2.45) is 5.92 Å². The molecule has 2 bridgehead atoms. The van der Waals surface area contributed by atoms with Crippen LogP contribution in [0, 0.1) is 5.92 Å². The maximum absolute atomic E-state index is 12.4. The summed E-state index contributed by atoms with van der Waals surface area (Å²) in [7, 11) is 0. The highest BCUT2D eigenvalue weighted by Gasteiger charge is 2.35. The minimum Gasteiger partial charge on any atom is -0.341 e. The monoisotopic (exact) mass is 371 g/mol. The van der Waals surface area contributed by atoms with Crippen molar-refractivity contribution in [1.29, 1.82) is 0 Å². The van der Waals surface area contributed by atoms with Crippen LogP contribution in [-0.4, -0.2) is 64.6 Å². The number of carbonyl (C=O) groups excluding carboxylic acids is 3. The fourth-order valence-electron chi connectivity index (χ4n) is 4.72. The number of hydrogen-bond acceptors (Lipinski definition) is 5. The fourth-order valence-corrected chi connectivity index (χ4v) is 4.72. The first-order chi connectivity index (χ1) is 13.0. The maximum atomic E-state index is 12.4. The Labute approximate surface area is 157 Å². The van der Waals surface area contributed by atoms with E-state index >= 15 is 0 Å². The molecule has 3 aliphatic heterocycles. The molecule has 1 amide bonds. The Hall–Kier alpha value is -2.28. The number of piperidine rings is 2. The lowest BCUT2D eigenvalue weighted by Crippen LogP contribution is -2.48. The van der Waals surface area contributed by atoms with Crippen LogP contribution in [0.2, 0.25) is 0 Å². The van der Waals surface area contributed by atoms with Crippen LogP contribution in [0.3, 0.4) is 0 Å². The molecule has 1 aromatic rings. The Bertz CT molecular complexity index is 821. The lowest BCUT2D eigenvalue weighted by Gasteiger charge is -2.42. The molecule has 0 saturated carbocycles. The van der Waals surface area contributed by atoms with Gasteiger partial charge < -0.3 is 9.47 Å². The lowest BCUT2D eigenvalue weighted by atomic mass is 9.83. The summed E-state index contributed by atoms with van der Waals surface area (Å²) in [6, 6.07) is 5.42. The molecule has 0 spiro atoms. The van der Waals surface area contributed by atoms with Crippen molar-refractivity contribution < 1.29 is 14.4 Å². The van der Waals surface area contributed by atoms with E-state index in [9.17, 15) is 19.2 Å². The molecular weight excluding hydrogens is 346 g/mol. The standard InChI is InChI=1S/C20H25N3O4/c24-16-4-6-22(7-5-16)20(27)9-17(25)13-21-10-14-8-15(12-21)18-2-1-3-19(26)23(18)11-14/h1-3,14-15H,4-13H2/t14-,15+/m0/s1. The van der Waals surface area contributed by atoms with E-state index in [4.69, 9.17) is 0 Å². The topological polar surface area (TPSA) is 79.7 Å². The van der Waals surface area contributed by atoms with Crippen LogP contribution in [0.1, 0.15) is 37.3 Å². The predicted octanol–water partition coefficient (Wildman–Crippen LogP) is 0.418. The van der Waals surface area contributed by atoms with Crippen molar-refractivity contribution in [2.75, 3.05) is 32.7 Å². The minimum atomic E-state index is -0.165. The van der Waals surface area contributed by atoms with Crippen LogP contribution in [0.15, 0.2) is 23.0 Å².